The quantitative estimate of drug-likeness (QED) is 0.0490. The zero-order chi connectivity index (χ0) is 40.6. The van der Waals surface area contributed by atoms with Gasteiger partial charge in [-0.1, -0.05) is 175 Å². The van der Waals surface area contributed by atoms with Crippen LogP contribution in [-0.2, 0) is 23.8 Å². The van der Waals surface area contributed by atoms with Gasteiger partial charge in [-0.2, -0.15) is 0 Å². The van der Waals surface area contributed by atoms with Crippen LogP contribution in [0.2, 0.25) is 0 Å². The zero-order valence-electron chi connectivity index (χ0n) is 38.1. The molecule has 332 valence electrons. The van der Waals surface area contributed by atoms with Gasteiger partial charge in [-0.25, -0.2) is 0 Å². The van der Waals surface area contributed by atoms with Gasteiger partial charge in [0, 0.05) is 32.0 Å². The highest BCUT2D eigenvalue weighted by molar-refractivity contribution is 5.69. The van der Waals surface area contributed by atoms with Crippen molar-refractivity contribution in [2.24, 2.45) is 5.92 Å². The van der Waals surface area contributed by atoms with Gasteiger partial charge in [-0.3, -0.25) is 9.59 Å². The fourth-order valence-corrected chi connectivity index (χ4v) is 8.36. The Hall–Kier alpha value is -1.14. The summed E-state index contributed by atoms with van der Waals surface area (Å²) in [6, 6.07) is 0.577. The molecule has 1 heterocycles. The third-order valence-corrected chi connectivity index (χ3v) is 12.3. The van der Waals surface area contributed by atoms with Gasteiger partial charge in [-0.15, -0.1) is 0 Å². The van der Waals surface area contributed by atoms with Crippen molar-refractivity contribution in [3.8, 4) is 0 Å². The van der Waals surface area contributed by atoms with Crippen molar-refractivity contribution in [3.63, 3.8) is 0 Å². The van der Waals surface area contributed by atoms with Crippen LogP contribution in [0.25, 0.3) is 0 Å². The van der Waals surface area contributed by atoms with Crippen molar-refractivity contribution in [2.75, 3.05) is 19.8 Å². The summed E-state index contributed by atoms with van der Waals surface area (Å²) in [5, 5.41) is 3.92. The van der Waals surface area contributed by atoms with E-state index in [9.17, 15) is 9.59 Å². The second kappa shape index (κ2) is 40.6. The first-order valence-electron chi connectivity index (χ1n) is 25.2. The maximum absolute atomic E-state index is 12.8. The van der Waals surface area contributed by atoms with Crippen LogP contribution in [0.4, 0.5) is 0 Å². The molecule has 6 heteroatoms. The molecule has 0 aliphatic carbocycles. The minimum absolute atomic E-state index is 0.00849. The molecule has 0 amide bonds. The molecule has 3 atom stereocenters. The van der Waals surface area contributed by atoms with Gasteiger partial charge in [0.1, 0.15) is 12.2 Å². The van der Waals surface area contributed by atoms with Crippen molar-refractivity contribution < 1.29 is 23.8 Å². The Morgan fingerprint density at radius 1 is 0.500 bits per heavy atom. The lowest BCUT2D eigenvalue weighted by Crippen LogP contribution is -2.33. The molecule has 1 aliphatic heterocycles. The smallest absolute Gasteiger partial charge is 0.306 e. The van der Waals surface area contributed by atoms with Crippen LogP contribution in [0.3, 0.4) is 0 Å². The van der Waals surface area contributed by atoms with Crippen LogP contribution in [0, 0.1) is 5.92 Å². The van der Waals surface area contributed by atoms with E-state index in [-0.39, 0.29) is 24.1 Å². The molecule has 1 rings (SSSR count). The normalized spacial score (nSPS) is 15.4. The number of hydrogen-bond acceptors (Lipinski definition) is 6. The fourth-order valence-electron chi connectivity index (χ4n) is 8.36. The molecule has 0 aromatic heterocycles. The molecule has 3 unspecified atom stereocenters. The second-order valence-corrected chi connectivity index (χ2v) is 17.7. The Kier molecular flexibility index (Phi) is 38.4. The molecule has 1 N–H and O–H groups in total. The van der Waals surface area contributed by atoms with Crippen molar-refractivity contribution in [1.29, 1.82) is 0 Å². The monoisotopic (exact) mass is 792 g/mol. The summed E-state index contributed by atoms with van der Waals surface area (Å²) in [7, 11) is 0. The van der Waals surface area contributed by atoms with Gasteiger partial charge in [0.05, 0.1) is 6.61 Å². The number of carbonyl (C=O) groups excluding carboxylic acids is 2. The van der Waals surface area contributed by atoms with Gasteiger partial charge in [0.2, 0.25) is 0 Å². The minimum Gasteiger partial charge on any atom is -0.462 e. The average Bonchev–Trinajstić information content (AvgIpc) is 3.73. The third kappa shape index (κ3) is 33.8. The van der Waals surface area contributed by atoms with Gasteiger partial charge in [0.15, 0.2) is 0 Å². The van der Waals surface area contributed by atoms with Crippen LogP contribution < -0.4 is 5.32 Å². The first kappa shape index (κ1) is 52.9. The SMILES string of the molecule is CCCCCCCCC(CC)OC(=O)CCCCCCCC(CCCCCCCC(=O)OC(CCCCCCCC)CCCCCCCC)NCC1CCOC1. The molecule has 0 radical (unpaired) electrons. The molecule has 0 bridgehead atoms. The zero-order valence-corrected chi connectivity index (χ0v) is 38.1. The van der Waals surface area contributed by atoms with E-state index in [4.69, 9.17) is 14.2 Å². The summed E-state index contributed by atoms with van der Waals surface area (Å²) >= 11 is 0. The Balaban J connectivity index is 2.26. The lowest BCUT2D eigenvalue weighted by Gasteiger charge is -2.21. The van der Waals surface area contributed by atoms with E-state index >= 15 is 0 Å². The number of ether oxygens (including phenoxy) is 3. The largest absolute Gasteiger partial charge is 0.462 e. The molecule has 6 nitrogen and oxygen atoms in total. The highest BCUT2D eigenvalue weighted by Gasteiger charge is 2.18. The van der Waals surface area contributed by atoms with Gasteiger partial charge < -0.3 is 19.5 Å². The van der Waals surface area contributed by atoms with E-state index < -0.39 is 0 Å². The van der Waals surface area contributed by atoms with Crippen LogP contribution in [0.15, 0.2) is 0 Å². The lowest BCUT2D eigenvalue weighted by atomic mass is 9.99. The Morgan fingerprint density at radius 2 is 0.875 bits per heavy atom. The van der Waals surface area contributed by atoms with Gasteiger partial charge in [0.25, 0.3) is 0 Å². The topological polar surface area (TPSA) is 73.9 Å². The van der Waals surface area contributed by atoms with Crippen molar-refractivity contribution >= 4 is 11.9 Å². The molecule has 0 aromatic carbocycles. The van der Waals surface area contributed by atoms with E-state index in [1.165, 1.54) is 173 Å². The van der Waals surface area contributed by atoms with Crippen LogP contribution in [-0.4, -0.2) is 49.9 Å². The van der Waals surface area contributed by atoms with Gasteiger partial charge in [-0.05, 0) is 83.0 Å². The molecule has 1 aliphatic rings. The molecular formula is C50H97NO5. The van der Waals surface area contributed by atoms with Crippen molar-refractivity contribution in [2.45, 2.75) is 284 Å². The Bertz CT molecular complexity index is 829. The molecule has 56 heavy (non-hydrogen) atoms. The highest BCUT2D eigenvalue weighted by atomic mass is 16.5. The van der Waals surface area contributed by atoms with E-state index in [1.807, 2.05) is 0 Å². The maximum atomic E-state index is 12.8. The number of nitrogens with one attached hydrogen (secondary N) is 1. The van der Waals surface area contributed by atoms with E-state index in [1.54, 1.807) is 0 Å². The Morgan fingerprint density at radius 3 is 1.29 bits per heavy atom. The summed E-state index contributed by atoms with van der Waals surface area (Å²) in [5.41, 5.74) is 0. The summed E-state index contributed by atoms with van der Waals surface area (Å²) in [5.74, 6) is 0.705. The lowest BCUT2D eigenvalue weighted by molar-refractivity contribution is -0.150. The summed E-state index contributed by atoms with van der Waals surface area (Å²) in [4.78, 5) is 25.3. The number of esters is 2. The van der Waals surface area contributed by atoms with Crippen LogP contribution >= 0.6 is 0 Å². The maximum Gasteiger partial charge on any atom is 0.306 e. The van der Waals surface area contributed by atoms with E-state index in [0.717, 1.165) is 71.1 Å². The predicted molar refractivity (Wildman–Crippen MR) is 239 cm³/mol. The van der Waals surface area contributed by atoms with E-state index in [0.29, 0.717) is 24.8 Å². The summed E-state index contributed by atoms with van der Waals surface area (Å²) in [6.45, 7) is 11.8. The summed E-state index contributed by atoms with van der Waals surface area (Å²) < 4.78 is 17.5. The third-order valence-electron chi connectivity index (χ3n) is 12.3. The first-order valence-corrected chi connectivity index (χ1v) is 25.2. The predicted octanol–water partition coefficient (Wildman–Crippen LogP) is 14.9. The number of unbranched alkanes of at least 4 members (excludes halogenated alkanes) is 23. The second-order valence-electron chi connectivity index (χ2n) is 17.7. The number of carbonyl (C=O) groups is 2. The number of hydrogen-bond donors (Lipinski definition) is 1. The first-order chi connectivity index (χ1) is 27.5. The standard InChI is InChI=1S/C50H97NO5/c1-5-9-12-15-22-29-36-47(8-4)55-49(52)39-32-25-18-20-27-34-46(51-43-45-41-42-54-44-45)35-28-21-19-26-33-40-50(53)56-48(37-30-23-16-13-10-6-2)38-31-24-17-14-11-7-3/h45-48,51H,5-44H2,1-4H3. The molecule has 1 fully saturated rings. The van der Waals surface area contributed by atoms with Crippen molar-refractivity contribution in [1.82, 2.24) is 5.32 Å². The highest BCUT2D eigenvalue weighted by Crippen LogP contribution is 2.20. The molecule has 0 spiro atoms. The average molecular weight is 792 g/mol. The minimum atomic E-state index is 0.00849. The molecule has 0 saturated carbocycles. The van der Waals surface area contributed by atoms with Crippen molar-refractivity contribution in [3.05, 3.63) is 0 Å². The van der Waals surface area contributed by atoms with Crippen LogP contribution in [0.5, 0.6) is 0 Å². The van der Waals surface area contributed by atoms with Crippen LogP contribution in [0.1, 0.15) is 265 Å². The van der Waals surface area contributed by atoms with E-state index in [2.05, 4.69) is 33.0 Å². The fraction of sp³-hybridized carbons (Fsp3) is 0.960. The molecule has 0 aromatic rings. The number of rotatable bonds is 43. The molecular weight excluding hydrogens is 695 g/mol. The Labute approximate surface area is 349 Å². The van der Waals surface area contributed by atoms with Gasteiger partial charge >= 0.3 is 11.9 Å². The summed E-state index contributed by atoms with van der Waals surface area (Å²) in [6.07, 6.45) is 43.8. The molecule has 1 saturated heterocycles.